The van der Waals surface area contributed by atoms with Crippen molar-refractivity contribution in [2.75, 3.05) is 0 Å². The monoisotopic (exact) mass is 325 g/mol. The van der Waals surface area contributed by atoms with Crippen molar-refractivity contribution in [3.63, 3.8) is 0 Å². The topological polar surface area (TPSA) is 111 Å². The molecule has 2 aromatic carbocycles. The molecule has 3 aromatic rings. The molecule has 0 aliphatic rings. The van der Waals surface area contributed by atoms with Crippen molar-refractivity contribution in [2.45, 2.75) is 0 Å². The van der Waals surface area contributed by atoms with E-state index in [9.17, 15) is 25.2 Å². The van der Waals surface area contributed by atoms with Crippen molar-refractivity contribution in [3.8, 4) is 34.3 Å². The number of benzene rings is 2. The minimum atomic E-state index is -0.654. The van der Waals surface area contributed by atoms with Crippen LogP contribution in [0.2, 0.25) is 0 Å². The van der Waals surface area contributed by atoms with Crippen LogP contribution in [0.3, 0.4) is 0 Å². The molecular weight excluding hydrogens is 315 g/mol. The van der Waals surface area contributed by atoms with Crippen molar-refractivity contribution in [1.29, 1.82) is 0 Å². The molecule has 0 bridgehead atoms. The molecule has 1 heterocycles. The smallest absolute Gasteiger partial charge is 0.508 e. The van der Waals surface area contributed by atoms with Gasteiger partial charge in [-0.2, -0.15) is 0 Å². The second kappa shape index (κ2) is 6.31. The van der Waals surface area contributed by atoms with E-state index >= 15 is 0 Å². The summed E-state index contributed by atoms with van der Waals surface area (Å²) >= 11 is 0. The summed E-state index contributed by atoms with van der Waals surface area (Å²) in [7, 11) is 0. The van der Waals surface area contributed by atoms with Gasteiger partial charge in [0.2, 0.25) is 11.2 Å². The first-order chi connectivity index (χ1) is 9.97. The summed E-state index contributed by atoms with van der Waals surface area (Å²) in [6.07, 6.45) is 0. The van der Waals surface area contributed by atoms with Gasteiger partial charge in [0.25, 0.3) is 0 Å². The first-order valence-corrected chi connectivity index (χ1v) is 5.98. The molecular formula is C15H10KO6+. The molecule has 0 atom stereocenters. The molecule has 0 aliphatic carbocycles. The molecule has 106 valence electrons. The Morgan fingerprint density at radius 2 is 1.59 bits per heavy atom. The van der Waals surface area contributed by atoms with E-state index in [4.69, 9.17) is 4.42 Å². The molecule has 22 heavy (non-hydrogen) atoms. The minimum absolute atomic E-state index is 0. The fraction of sp³-hybridized carbons (Fsp3) is 0. The van der Waals surface area contributed by atoms with Gasteiger partial charge in [0.1, 0.15) is 11.3 Å². The van der Waals surface area contributed by atoms with Gasteiger partial charge in [-0.15, -0.1) is 0 Å². The number of hydrogen-bond acceptors (Lipinski definition) is 6. The Morgan fingerprint density at radius 1 is 0.864 bits per heavy atom. The van der Waals surface area contributed by atoms with Crippen molar-refractivity contribution >= 4 is 11.0 Å². The Hall–Kier alpha value is -1.51. The van der Waals surface area contributed by atoms with Crippen LogP contribution in [-0.2, 0) is 0 Å². The van der Waals surface area contributed by atoms with Crippen molar-refractivity contribution in [2.24, 2.45) is 0 Å². The van der Waals surface area contributed by atoms with E-state index in [1.165, 1.54) is 30.3 Å². The molecule has 0 spiro atoms. The third-order valence-corrected chi connectivity index (χ3v) is 3.09. The fourth-order valence-electron chi connectivity index (χ4n) is 2.03. The van der Waals surface area contributed by atoms with Gasteiger partial charge in [-0.1, -0.05) is 0 Å². The molecule has 4 N–H and O–H groups in total. The van der Waals surface area contributed by atoms with Crippen molar-refractivity contribution in [1.82, 2.24) is 0 Å². The summed E-state index contributed by atoms with van der Waals surface area (Å²) in [6.45, 7) is 0. The van der Waals surface area contributed by atoms with Crippen LogP contribution in [0.15, 0.2) is 45.6 Å². The molecule has 3 rings (SSSR count). The molecule has 0 saturated heterocycles. The standard InChI is InChI=1S/C15H10O6.K/c16-8-2-3-9-12(6-8)21-15(14(20)13(9)19)7-1-4-10(17)11(18)5-7;/h1-6,16-18,20H;/q;+1. The summed E-state index contributed by atoms with van der Waals surface area (Å²) in [4.78, 5) is 12.1. The summed E-state index contributed by atoms with van der Waals surface area (Å²) in [5, 5.41) is 38.3. The Bertz CT molecular complexity index is 916. The molecule has 0 aliphatic heterocycles. The van der Waals surface area contributed by atoms with Crippen molar-refractivity contribution in [3.05, 3.63) is 46.6 Å². The maximum atomic E-state index is 12.1. The molecule has 0 radical (unpaired) electrons. The van der Waals surface area contributed by atoms with E-state index in [0.717, 1.165) is 6.07 Å². The van der Waals surface area contributed by atoms with Gasteiger partial charge >= 0.3 is 51.4 Å². The quantitative estimate of drug-likeness (QED) is 0.347. The Kier molecular flexibility index (Phi) is 4.83. The van der Waals surface area contributed by atoms with Gasteiger partial charge in [0.05, 0.1) is 5.39 Å². The number of aromatic hydroxyl groups is 4. The first-order valence-electron chi connectivity index (χ1n) is 5.98. The van der Waals surface area contributed by atoms with Gasteiger partial charge < -0.3 is 24.8 Å². The Morgan fingerprint density at radius 3 is 2.27 bits per heavy atom. The zero-order chi connectivity index (χ0) is 15.1. The van der Waals surface area contributed by atoms with E-state index in [-0.39, 0.29) is 85.2 Å². The van der Waals surface area contributed by atoms with Gasteiger partial charge in [0.15, 0.2) is 17.3 Å². The summed E-state index contributed by atoms with van der Waals surface area (Å²) < 4.78 is 5.43. The SMILES string of the molecule is O=c1c(O)c(-c2ccc(O)c(O)c2)oc2cc(O)ccc12.[K+]. The predicted molar refractivity (Wildman–Crippen MR) is 74.6 cm³/mol. The Balaban J connectivity index is 0.00000176. The van der Waals surface area contributed by atoms with Crippen LogP contribution in [0, 0.1) is 0 Å². The maximum absolute atomic E-state index is 12.1. The summed E-state index contributed by atoms with van der Waals surface area (Å²) in [5.41, 5.74) is -0.343. The van der Waals surface area contributed by atoms with Crippen molar-refractivity contribution < 1.29 is 76.2 Å². The van der Waals surface area contributed by atoms with Gasteiger partial charge in [-0.25, -0.2) is 0 Å². The number of phenols is 3. The zero-order valence-electron chi connectivity index (χ0n) is 11.6. The van der Waals surface area contributed by atoms with Crippen LogP contribution < -0.4 is 56.8 Å². The number of rotatable bonds is 1. The number of fused-ring (bicyclic) bond motifs is 1. The fourth-order valence-corrected chi connectivity index (χ4v) is 2.03. The zero-order valence-corrected chi connectivity index (χ0v) is 14.7. The van der Waals surface area contributed by atoms with Crippen LogP contribution in [-0.4, -0.2) is 20.4 Å². The van der Waals surface area contributed by atoms with E-state index < -0.39 is 16.9 Å². The predicted octanol–water partition coefficient (Wildman–Crippen LogP) is -0.714. The maximum Gasteiger partial charge on any atom is 1.00 e. The molecule has 0 amide bonds. The summed E-state index contributed by atoms with van der Waals surface area (Å²) in [6, 6.07) is 7.64. The van der Waals surface area contributed by atoms with E-state index in [1.54, 1.807) is 0 Å². The second-order valence-electron chi connectivity index (χ2n) is 4.49. The van der Waals surface area contributed by atoms with E-state index in [0.29, 0.717) is 0 Å². The van der Waals surface area contributed by atoms with Crippen LogP contribution in [0.4, 0.5) is 0 Å². The number of hydrogen-bond donors (Lipinski definition) is 4. The van der Waals surface area contributed by atoms with Gasteiger partial charge in [-0.05, 0) is 30.3 Å². The largest absolute Gasteiger partial charge is 1.00 e. The van der Waals surface area contributed by atoms with Crippen LogP contribution in [0.5, 0.6) is 23.0 Å². The first kappa shape index (κ1) is 16.9. The Labute approximate surface area is 166 Å². The van der Waals surface area contributed by atoms with Crippen LogP contribution in [0.25, 0.3) is 22.3 Å². The third-order valence-electron chi connectivity index (χ3n) is 3.09. The average Bonchev–Trinajstić information content (AvgIpc) is 2.45. The molecule has 0 saturated carbocycles. The normalized spacial score (nSPS) is 10.4. The summed E-state index contributed by atoms with van der Waals surface area (Å²) in [5.74, 6) is -1.60. The van der Waals surface area contributed by atoms with Crippen LogP contribution in [0.1, 0.15) is 0 Å². The molecule has 6 nitrogen and oxygen atoms in total. The second-order valence-corrected chi connectivity index (χ2v) is 4.49. The number of phenolic OH excluding ortho intramolecular Hbond substituents is 3. The van der Waals surface area contributed by atoms with Gasteiger partial charge in [0, 0.05) is 11.6 Å². The van der Waals surface area contributed by atoms with Crippen LogP contribution >= 0.6 is 0 Å². The van der Waals surface area contributed by atoms with E-state index in [2.05, 4.69) is 0 Å². The molecule has 0 unspecified atom stereocenters. The van der Waals surface area contributed by atoms with Gasteiger partial charge in [-0.3, -0.25) is 4.79 Å². The van der Waals surface area contributed by atoms with E-state index in [1.807, 2.05) is 0 Å². The molecule has 7 heteroatoms. The third kappa shape index (κ3) is 2.86. The average molecular weight is 325 g/mol. The molecule has 0 fully saturated rings. The molecule has 1 aromatic heterocycles. The minimum Gasteiger partial charge on any atom is -0.508 e.